The van der Waals surface area contributed by atoms with Crippen LogP contribution < -0.4 is 5.32 Å². The lowest BCUT2D eigenvalue weighted by Crippen LogP contribution is -2.66. The van der Waals surface area contributed by atoms with Gasteiger partial charge in [0.25, 0.3) is 5.91 Å². The lowest BCUT2D eigenvalue weighted by molar-refractivity contribution is -0.192. The van der Waals surface area contributed by atoms with Gasteiger partial charge in [-0.15, -0.1) is 11.3 Å². The smallest absolute Gasteiger partial charge is 0.475 e. The minimum absolute atomic E-state index is 0.123. The summed E-state index contributed by atoms with van der Waals surface area (Å²) in [4.78, 5) is 33.6. The molecule has 4 heterocycles. The van der Waals surface area contributed by atoms with Crippen LogP contribution in [0, 0.1) is 12.8 Å². The molecule has 12 heteroatoms. The second kappa shape index (κ2) is 9.82. The van der Waals surface area contributed by atoms with Gasteiger partial charge in [0.1, 0.15) is 5.60 Å². The minimum Gasteiger partial charge on any atom is -0.475 e. The van der Waals surface area contributed by atoms with E-state index in [9.17, 15) is 18.0 Å². The molecule has 2 fully saturated rings. The molecule has 2 saturated heterocycles. The maximum absolute atomic E-state index is 12.4. The average molecular weight is 472 g/mol. The third-order valence-electron chi connectivity index (χ3n) is 5.19. The van der Waals surface area contributed by atoms with E-state index in [1.54, 1.807) is 29.8 Å². The molecule has 32 heavy (non-hydrogen) atoms. The minimum atomic E-state index is -5.08. The van der Waals surface area contributed by atoms with Crippen molar-refractivity contribution in [3.05, 3.63) is 40.3 Å². The summed E-state index contributed by atoms with van der Waals surface area (Å²) >= 11 is 1.56. The largest absolute Gasteiger partial charge is 0.490 e. The molecule has 1 amide bonds. The monoisotopic (exact) mass is 472 g/mol. The first-order valence-corrected chi connectivity index (χ1v) is 10.7. The first-order valence-electron chi connectivity index (χ1n) is 9.89. The van der Waals surface area contributed by atoms with Gasteiger partial charge in [0, 0.05) is 23.8 Å². The van der Waals surface area contributed by atoms with Gasteiger partial charge in [-0.05, 0) is 43.9 Å². The molecular weight excluding hydrogens is 449 g/mol. The van der Waals surface area contributed by atoms with Crippen LogP contribution in [0.4, 0.5) is 19.1 Å². The fourth-order valence-corrected chi connectivity index (χ4v) is 4.29. The highest BCUT2D eigenvalue weighted by Gasteiger charge is 2.48. The fourth-order valence-electron chi connectivity index (χ4n) is 3.45. The van der Waals surface area contributed by atoms with Crippen molar-refractivity contribution in [1.82, 2.24) is 14.9 Å². The Labute approximate surface area is 186 Å². The molecule has 0 bridgehead atoms. The van der Waals surface area contributed by atoms with Crippen molar-refractivity contribution < 1.29 is 32.6 Å². The highest BCUT2D eigenvalue weighted by Crippen LogP contribution is 2.37. The Kier molecular flexibility index (Phi) is 7.34. The molecule has 174 valence electrons. The number of halogens is 3. The standard InChI is InChI=1S/C18H22N4O2S.C2HF3O2/c1-13-3-4-15(25-13)16(23)22-11-18(12-22)6-5-14(10-24-18)9-21-17-19-7-2-8-20-17;3-2(4,5)1(6)7/h2-4,7-8,14H,5-6,9-12H2,1H3,(H,19,20,21);(H,6,7). The Morgan fingerprint density at radius 3 is 2.47 bits per heavy atom. The van der Waals surface area contributed by atoms with Gasteiger partial charge in [-0.25, -0.2) is 14.8 Å². The molecule has 1 spiro atoms. The van der Waals surface area contributed by atoms with Crippen LogP contribution in [-0.4, -0.2) is 69.9 Å². The number of hydrogen-bond acceptors (Lipinski definition) is 7. The van der Waals surface area contributed by atoms with Crippen molar-refractivity contribution in [2.45, 2.75) is 31.5 Å². The van der Waals surface area contributed by atoms with E-state index in [-0.39, 0.29) is 11.5 Å². The highest BCUT2D eigenvalue weighted by atomic mass is 32.1. The summed E-state index contributed by atoms with van der Waals surface area (Å²) in [5.74, 6) is -1.50. The maximum atomic E-state index is 12.4. The van der Waals surface area contributed by atoms with Crippen molar-refractivity contribution >= 4 is 29.2 Å². The van der Waals surface area contributed by atoms with Crippen molar-refractivity contribution in [3.8, 4) is 0 Å². The Morgan fingerprint density at radius 1 is 1.31 bits per heavy atom. The number of carbonyl (C=O) groups excluding carboxylic acids is 1. The second-order valence-electron chi connectivity index (χ2n) is 7.73. The van der Waals surface area contributed by atoms with Gasteiger partial charge in [0.2, 0.25) is 5.95 Å². The summed E-state index contributed by atoms with van der Waals surface area (Å²) in [5, 5.41) is 10.4. The first kappa shape index (κ1) is 23.9. The quantitative estimate of drug-likeness (QED) is 0.704. The molecular formula is C20H23F3N4O4S. The van der Waals surface area contributed by atoms with E-state index in [2.05, 4.69) is 15.3 Å². The summed E-state index contributed by atoms with van der Waals surface area (Å²) in [6, 6.07) is 5.72. The molecule has 0 radical (unpaired) electrons. The fraction of sp³-hybridized carbons (Fsp3) is 0.500. The zero-order chi connectivity index (χ0) is 23.4. The van der Waals surface area contributed by atoms with Crippen molar-refractivity contribution in [3.63, 3.8) is 0 Å². The Balaban J connectivity index is 0.000000360. The lowest BCUT2D eigenvalue weighted by atomic mass is 9.83. The van der Waals surface area contributed by atoms with Crippen LogP contribution in [0.5, 0.6) is 0 Å². The van der Waals surface area contributed by atoms with Gasteiger partial charge in [-0.1, -0.05) is 0 Å². The molecule has 2 aliphatic rings. The van der Waals surface area contributed by atoms with E-state index in [1.807, 2.05) is 24.0 Å². The van der Waals surface area contributed by atoms with Crippen LogP contribution in [0.25, 0.3) is 0 Å². The molecule has 0 aromatic carbocycles. The number of amides is 1. The Morgan fingerprint density at radius 2 is 1.97 bits per heavy atom. The van der Waals surface area contributed by atoms with Crippen molar-refractivity contribution in [2.75, 3.05) is 31.6 Å². The summed E-state index contributed by atoms with van der Waals surface area (Å²) < 4.78 is 37.9. The number of likely N-dealkylation sites (tertiary alicyclic amines) is 1. The van der Waals surface area contributed by atoms with E-state index < -0.39 is 12.1 Å². The Bertz CT molecular complexity index is 922. The van der Waals surface area contributed by atoms with E-state index in [1.165, 1.54) is 4.88 Å². The van der Waals surface area contributed by atoms with Gasteiger partial charge < -0.3 is 20.1 Å². The zero-order valence-corrected chi connectivity index (χ0v) is 18.1. The molecule has 2 aromatic heterocycles. The van der Waals surface area contributed by atoms with Crippen LogP contribution in [0.2, 0.25) is 0 Å². The number of nitrogens with one attached hydrogen (secondary N) is 1. The predicted molar refractivity (Wildman–Crippen MR) is 111 cm³/mol. The molecule has 4 rings (SSSR count). The molecule has 2 aromatic rings. The highest BCUT2D eigenvalue weighted by molar-refractivity contribution is 7.13. The number of aromatic nitrogens is 2. The number of carboxylic acids is 1. The van der Waals surface area contributed by atoms with Crippen LogP contribution >= 0.6 is 11.3 Å². The average Bonchev–Trinajstić information content (AvgIpc) is 3.17. The molecule has 8 nitrogen and oxygen atoms in total. The normalized spacial score (nSPS) is 19.5. The molecule has 2 aliphatic heterocycles. The summed E-state index contributed by atoms with van der Waals surface area (Å²) in [5.41, 5.74) is -0.123. The number of thiophene rings is 1. The number of aliphatic carboxylic acids is 1. The second-order valence-corrected chi connectivity index (χ2v) is 9.01. The van der Waals surface area contributed by atoms with Gasteiger partial charge in [0.05, 0.1) is 24.6 Å². The SMILES string of the molecule is Cc1ccc(C(=O)N2CC3(CCC(CNc4ncccn4)CO3)C2)s1.O=C(O)C(F)(F)F. The van der Waals surface area contributed by atoms with Crippen LogP contribution in [0.15, 0.2) is 30.6 Å². The number of carbonyl (C=O) groups is 2. The van der Waals surface area contributed by atoms with Crippen LogP contribution in [0.1, 0.15) is 27.4 Å². The topological polar surface area (TPSA) is 105 Å². The summed E-state index contributed by atoms with van der Waals surface area (Å²) in [6.07, 6.45) is 0.482. The number of ether oxygens (including phenoxy) is 1. The van der Waals surface area contributed by atoms with Crippen molar-refractivity contribution in [1.29, 1.82) is 0 Å². The third kappa shape index (κ3) is 6.16. The molecule has 1 atom stereocenters. The maximum Gasteiger partial charge on any atom is 0.490 e. The number of hydrogen-bond donors (Lipinski definition) is 2. The zero-order valence-electron chi connectivity index (χ0n) is 17.3. The van der Waals surface area contributed by atoms with Crippen molar-refractivity contribution in [2.24, 2.45) is 5.92 Å². The first-order chi connectivity index (χ1) is 15.1. The Hall–Kier alpha value is -2.73. The van der Waals surface area contributed by atoms with E-state index in [4.69, 9.17) is 14.6 Å². The van der Waals surface area contributed by atoms with Crippen LogP contribution in [0.3, 0.4) is 0 Å². The molecule has 0 aliphatic carbocycles. The number of alkyl halides is 3. The third-order valence-corrected chi connectivity index (χ3v) is 6.18. The number of nitrogens with zero attached hydrogens (tertiary/aromatic N) is 3. The number of anilines is 1. The van der Waals surface area contributed by atoms with E-state index in [0.29, 0.717) is 25.0 Å². The predicted octanol–water partition coefficient (Wildman–Crippen LogP) is 3.21. The number of carboxylic acid groups (broad SMARTS) is 1. The number of aryl methyl sites for hydroxylation is 1. The lowest BCUT2D eigenvalue weighted by Gasteiger charge is -2.52. The van der Waals surface area contributed by atoms with Crippen LogP contribution in [-0.2, 0) is 9.53 Å². The van der Waals surface area contributed by atoms with E-state index >= 15 is 0 Å². The number of rotatable bonds is 4. The molecule has 1 unspecified atom stereocenters. The molecule has 0 saturated carbocycles. The van der Waals surface area contributed by atoms with E-state index in [0.717, 1.165) is 30.9 Å². The summed E-state index contributed by atoms with van der Waals surface area (Å²) in [7, 11) is 0. The van der Waals surface area contributed by atoms with Gasteiger partial charge in [0.15, 0.2) is 0 Å². The van der Waals surface area contributed by atoms with Gasteiger partial charge in [-0.2, -0.15) is 13.2 Å². The molecule has 2 N–H and O–H groups in total. The van der Waals surface area contributed by atoms with Gasteiger partial charge in [-0.3, -0.25) is 4.79 Å². The summed E-state index contributed by atoms with van der Waals surface area (Å²) in [6.45, 7) is 4.99. The van der Waals surface area contributed by atoms with Gasteiger partial charge >= 0.3 is 12.1 Å².